The van der Waals surface area contributed by atoms with Crippen LogP contribution in [-0.4, -0.2) is 18.8 Å². The molecule has 0 bridgehead atoms. The predicted octanol–water partition coefficient (Wildman–Crippen LogP) is 2.93. The molecule has 0 unspecified atom stereocenters. The standard InChI is InChI=1S/C12H15FIN/c13-12(5-7-15-8-6-12)9-10-1-3-11(14)4-2-10/h1-4,15H,5-9H2. The molecule has 0 amide bonds. The van der Waals surface area contributed by atoms with Crippen molar-refractivity contribution >= 4 is 22.6 Å². The van der Waals surface area contributed by atoms with Crippen LogP contribution in [0.25, 0.3) is 0 Å². The molecule has 1 nitrogen and oxygen atoms in total. The molecule has 1 aliphatic heterocycles. The van der Waals surface area contributed by atoms with Gasteiger partial charge in [-0.1, -0.05) is 12.1 Å². The van der Waals surface area contributed by atoms with Crippen LogP contribution in [0.3, 0.4) is 0 Å². The van der Waals surface area contributed by atoms with Gasteiger partial charge in [-0.3, -0.25) is 0 Å². The Labute approximate surface area is 104 Å². The van der Waals surface area contributed by atoms with Crippen molar-refractivity contribution in [1.82, 2.24) is 5.32 Å². The van der Waals surface area contributed by atoms with Gasteiger partial charge in [-0.15, -0.1) is 0 Å². The molecule has 0 spiro atoms. The van der Waals surface area contributed by atoms with E-state index in [1.165, 1.54) is 3.57 Å². The van der Waals surface area contributed by atoms with E-state index < -0.39 is 5.67 Å². The first-order chi connectivity index (χ1) is 7.18. The van der Waals surface area contributed by atoms with Crippen molar-refractivity contribution in [3.8, 4) is 0 Å². The SMILES string of the molecule is FC1(Cc2ccc(I)cc2)CCNCC1. The quantitative estimate of drug-likeness (QED) is 0.827. The first kappa shape index (κ1) is 11.3. The van der Waals surface area contributed by atoms with Gasteiger partial charge in [-0.2, -0.15) is 0 Å². The molecule has 2 rings (SSSR count). The molecule has 1 heterocycles. The Bertz CT molecular complexity index is 317. The van der Waals surface area contributed by atoms with E-state index in [4.69, 9.17) is 0 Å². The lowest BCUT2D eigenvalue weighted by atomic mass is 9.88. The molecule has 15 heavy (non-hydrogen) atoms. The van der Waals surface area contributed by atoms with E-state index in [9.17, 15) is 4.39 Å². The Kier molecular flexibility index (Phi) is 3.61. The van der Waals surface area contributed by atoms with Gasteiger partial charge in [0, 0.05) is 9.99 Å². The molecule has 0 aliphatic carbocycles. The van der Waals surface area contributed by atoms with Crippen LogP contribution in [0.15, 0.2) is 24.3 Å². The van der Waals surface area contributed by atoms with Gasteiger partial charge in [-0.25, -0.2) is 4.39 Å². The molecule has 0 saturated carbocycles. The lowest BCUT2D eigenvalue weighted by Gasteiger charge is -2.30. The molecule has 0 aromatic heterocycles. The second-order valence-corrected chi connectivity index (χ2v) is 5.45. The van der Waals surface area contributed by atoms with E-state index in [-0.39, 0.29) is 0 Å². The molecular weight excluding hydrogens is 304 g/mol. The van der Waals surface area contributed by atoms with E-state index in [2.05, 4.69) is 27.9 Å². The maximum Gasteiger partial charge on any atom is 0.117 e. The maximum atomic E-state index is 14.3. The van der Waals surface area contributed by atoms with Crippen LogP contribution in [-0.2, 0) is 6.42 Å². The van der Waals surface area contributed by atoms with Crippen LogP contribution < -0.4 is 5.32 Å². The summed E-state index contributed by atoms with van der Waals surface area (Å²) in [6.45, 7) is 1.61. The highest BCUT2D eigenvalue weighted by Gasteiger charge is 2.31. The fraction of sp³-hybridized carbons (Fsp3) is 0.500. The Balaban J connectivity index is 2.03. The summed E-state index contributed by atoms with van der Waals surface area (Å²) < 4.78 is 15.5. The third kappa shape index (κ3) is 3.14. The lowest BCUT2D eigenvalue weighted by Crippen LogP contribution is -2.40. The molecule has 1 saturated heterocycles. The number of rotatable bonds is 2. The van der Waals surface area contributed by atoms with Gasteiger partial charge in [0.15, 0.2) is 0 Å². The Morgan fingerprint density at radius 2 is 1.80 bits per heavy atom. The minimum Gasteiger partial charge on any atom is -0.316 e. The zero-order valence-electron chi connectivity index (χ0n) is 8.60. The number of benzene rings is 1. The molecule has 82 valence electrons. The van der Waals surface area contributed by atoms with E-state index >= 15 is 0 Å². The minimum absolute atomic E-state index is 0.561. The van der Waals surface area contributed by atoms with Gasteiger partial charge in [0.05, 0.1) is 0 Å². The predicted molar refractivity (Wildman–Crippen MR) is 68.8 cm³/mol. The Morgan fingerprint density at radius 3 is 2.40 bits per heavy atom. The fourth-order valence-corrected chi connectivity index (χ4v) is 2.38. The van der Waals surface area contributed by atoms with E-state index in [1.54, 1.807) is 0 Å². The fourth-order valence-electron chi connectivity index (χ4n) is 2.02. The van der Waals surface area contributed by atoms with Crippen molar-refractivity contribution in [1.29, 1.82) is 0 Å². The minimum atomic E-state index is -0.988. The Morgan fingerprint density at radius 1 is 1.20 bits per heavy atom. The van der Waals surface area contributed by atoms with Crippen LogP contribution in [0.1, 0.15) is 18.4 Å². The number of hydrogen-bond donors (Lipinski definition) is 1. The first-order valence-corrected chi connectivity index (χ1v) is 6.40. The number of alkyl halides is 1. The second-order valence-electron chi connectivity index (χ2n) is 4.20. The van der Waals surface area contributed by atoms with E-state index in [0.29, 0.717) is 19.3 Å². The molecule has 1 fully saturated rings. The van der Waals surface area contributed by atoms with Gasteiger partial charge in [-0.05, 0) is 66.2 Å². The van der Waals surface area contributed by atoms with Gasteiger partial charge in [0.25, 0.3) is 0 Å². The highest BCUT2D eigenvalue weighted by molar-refractivity contribution is 14.1. The van der Waals surface area contributed by atoms with Gasteiger partial charge >= 0.3 is 0 Å². The zero-order chi connectivity index (χ0) is 10.7. The molecule has 1 aliphatic rings. The van der Waals surface area contributed by atoms with Crippen LogP contribution in [0, 0.1) is 3.57 Å². The number of piperidine rings is 1. The number of halogens is 2. The summed E-state index contributed by atoms with van der Waals surface area (Å²) in [5, 5.41) is 3.19. The second kappa shape index (κ2) is 4.78. The molecule has 0 radical (unpaired) electrons. The lowest BCUT2D eigenvalue weighted by molar-refractivity contribution is 0.116. The molecular formula is C12H15FIN. The summed E-state index contributed by atoms with van der Waals surface area (Å²) in [6.07, 6.45) is 1.84. The van der Waals surface area contributed by atoms with Crippen LogP contribution in [0.2, 0.25) is 0 Å². The average Bonchev–Trinajstić information content (AvgIpc) is 2.22. The summed E-state index contributed by atoms with van der Waals surface area (Å²) in [6, 6.07) is 8.15. The molecule has 0 atom stereocenters. The molecule has 1 aromatic rings. The third-order valence-corrected chi connectivity index (χ3v) is 3.65. The zero-order valence-corrected chi connectivity index (χ0v) is 10.8. The van der Waals surface area contributed by atoms with Crippen molar-refractivity contribution in [2.45, 2.75) is 24.9 Å². The van der Waals surface area contributed by atoms with E-state index in [0.717, 1.165) is 18.7 Å². The van der Waals surface area contributed by atoms with Crippen molar-refractivity contribution in [3.63, 3.8) is 0 Å². The van der Waals surface area contributed by atoms with Crippen LogP contribution in [0.5, 0.6) is 0 Å². The van der Waals surface area contributed by atoms with Crippen molar-refractivity contribution < 1.29 is 4.39 Å². The monoisotopic (exact) mass is 319 g/mol. The summed E-state index contributed by atoms with van der Waals surface area (Å²) in [7, 11) is 0. The highest BCUT2D eigenvalue weighted by Crippen LogP contribution is 2.27. The summed E-state index contributed by atoms with van der Waals surface area (Å²) >= 11 is 2.27. The van der Waals surface area contributed by atoms with Gasteiger partial charge in [0.1, 0.15) is 5.67 Å². The normalized spacial score (nSPS) is 20.1. The van der Waals surface area contributed by atoms with Gasteiger partial charge < -0.3 is 5.32 Å². The summed E-state index contributed by atoms with van der Waals surface area (Å²) in [5.41, 5.74) is 0.123. The highest BCUT2D eigenvalue weighted by atomic mass is 127. The molecule has 3 heteroatoms. The van der Waals surface area contributed by atoms with Gasteiger partial charge in [0.2, 0.25) is 0 Å². The van der Waals surface area contributed by atoms with E-state index in [1.807, 2.05) is 24.3 Å². The summed E-state index contributed by atoms with van der Waals surface area (Å²) in [5.74, 6) is 0. The number of nitrogens with one attached hydrogen (secondary N) is 1. The molecule has 1 aromatic carbocycles. The first-order valence-electron chi connectivity index (χ1n) is 5.32. The average molecular weight is 319 g/mol. The third-order valence-electron chi connectivity index (χ3n) is 2.93. The summed E-state index contributed by atoms with van der Waals surface area (Å²) in [4.78, 5) is 0. The Hall–Kier alpha value is -0.160. The molecule has 1 N–H and O–H groups in total. The maximum absolute atomic E-state index is 14.3. The number of hydrogen-bond acceptors (Lipinski definition) is 1. The van der Waals surface area contributed by atoms with Crippen molar-refractivity contribution in [2.24, 2.45) is 0 Å². The van der Waals surface area contributed by atoms with Crippen LogP contribution >= 0.6 is 22.6 Å². The smallest absolute Gasteiger partial charge is 0.117 e. The van der Waals surface area contributed by atoms with Crippen LogP contribution in [0.4, 0.5) is 4.39 Å². The topological polar surface area (TPSA) is 12.0 Å². The van der Waals surface area contributed by atoms with Crippen molar-refractivity contribution in [3.05, 3.63) is 33.4 Å². The van der Waals surface area contributed by atoms with Crippen molar-refractivity contribution in [2.75, 3.05) is 13.1 Å². The largest absolute Gasteiger partial charge is 0.316 e.